The molecule has 0 aliphatic carbocycles. The van der Waals surface area contributed by atoms with E-state index in [9.17, 15) is 4.79 Å². The lowest BCUT2D eigenvalue weighted by atomic mass is 10.0. The standard InChI is InChI=1S/C19H16N4OS/c20-12-15-9-11-25-19(15)23-17(24)13-22-18(14-6-2-1-3-7-14)16-8-4-5-10-21-16/h1-11,18,22H,13H2,(H,23,24)/t18-/m1/s1. The molecule has 2 heterocycles. The first-order valence-corrected chi connectivity index (χ1v) is 8.62. The van der Waals surface area contributed by atoms with Crippen LogP contribution in [0.5, 0.6) is 0 Å². The van der Waals surface area contributed by atoms with Gasteiger partial charge < -0.3 is 5.32 Å². The Labute approximate surface area is 150 Å². The third-order valence-electron chi connectivity index (χ3n) is 3.62. The van der Waals surface area contributed by atoms with Crippen molar-refractivity contribution in [2.24, 2.45) is 0 Å². The second-order valence-electron chi connectivity index (χ2n) is 5.30. The zero-order chi connectivity index (χ0) is 17.5. The third-order valence-corrected chi connectivity index (χ3v) is 4.45. The Morgan fingerprint density at radius 2 is 1.96 bits per heavy atom. The number of carbonyl (C=O) groups is 1. The minimum atomic E-state index is -0.198. The van der Waals surface area contributed by atoms with Crippen molar-refractivity contribution in [3.8, 4) is 6.07 Å². The van der Waals surface area contributed by atoms with Crippen LogP contribution < -0.4 is 10.6 Å². The molecule has 2 aromatic heterocycles. The molecular formula is C19H16N4OS. The summed E-state index contributed by atoms with van der Waals surface area (Å²) in [6.45, 7) is 0.110. The Hall–Kier alpha value is -3.01. The molecule has 5 nitrogen and oxygen atoms in total. The fraction of sp³-hybridized carbons (Fsp3) is 0.105. The summed E-state index contributed by atoms with van der Waals surface area (Å²) >= 11 is 1.33. The number of nitriles is 1. The number of pyridine rings is 1. The van der Waals surface area contributed by atoms with Gasteiger partial charge in [0.25, 0.3) is 0 Å². The van der Waals surface area contributed by atoms with E-state index < -0.39 is 0 Å². The van der Waals surface area contributed by atoms with E-state index in [-0.39, 0.29) is 18.5 Å². The normalized spacial score (nSPS) is 11.5. The molecule has 1 aromatic carbocycles. The Morgan fingerprint density at radius 1 is 1.16 bits per heavy atom. The number of rotatable bonds is 6. The number of carbonyl (C=O) groups excluding carboxylic acids is 1. The van der Waals surface area contributed by atoms with E-state index in [1.165, 1.54) is 11.3 Å². The van der Waals surface area contributed by atoms with Crippen molar-refractivity contribution in [3.05, 3.63) is 83.0 Å². The second kappa shape index (κ2) is 8.20. The molecule has 0 bridgehead atoms. The first-order valence-electron chi connectivity index (χ1n) is 7.74. The molecule has 25 heavy (non-hydrogen) atoms. The number of thiophene rings is 1. The highest BCUT2D eigenvalue weighted by atomic mass is 32.1. The number of benzene rings is 1. The molecule has 3 aromatic rings. The van der Waals surface area contributed by atoms with Gasteiger partial charge in [0.05, 0.1) is 23.8 Å². The highest BCUT2D eigenvalue weighted by Crippen LogP contribution is 2.22. The number of nitrogens with one attached hydrogen (secondary N) is 2. The molecule has 1 amide bonds. The van der Waals surface area contributed by atoms with Crippen LogP contribution in [0.2, 0.25) is 0 Å². The van der Waals surface area contributed by atoms with Crippen molar-refractivity contribution in [1.29, 1.82) is 5.26 Å². The van der Waals surface area contributed by atoms with Crippen LogP contribution in [0.1, 0.15) is 22.9 Å². The quantitative estimate of drug-likeness (QED) is 0.716. The van der Waals surface area contributed by atoms with Gasteiger partial charge in [0.15, 0.2) is 0 Å². The lowest BCUT2D eigenvalue weighted by molar-refractivity contribution is -0.115. The van der Waals surface area contributed by atoms with E-state index in [1.54, 1.807) is 17.6 Å². The van der Waals surface area contributed by atoms with Crippen LogP contribution in [0.4, 0.5) is 5.00 Å². The number of hydrogen-bond donors (Lipinski definition) is 2. The zero-order valence-corrected chi connectivity index (χ0v) is 14.2. The summed E-state index contributed by atoms with van der Waals surface area (Å²) in [6.07, 6.45) is 1.73. The van der Waals surface area contributed by atoms with Gasteiger partial charge in [0.2, 0.25) is 5.91 Å². The van der Waals surface area contributed by atoms with Gasteiger partial charge in [-0.3, -0.25) is 15.1 Å². The molecule has 0 spiro atoms. The molecule has 0 aliphatic heterocycles. The van der Waals surface area contributed by atoms with Crippen molar-refractivity contribution in [2.75, 3.05) is 11.9 Å². The average Bonchev–Trinajstić information content (AvgIpc) is 3.11. The Bertz CT molecular complexity index is 832. The smallest absolute Gasteiger partial charge is 0.238 e. The first-order chi connectivity index (χ1) is 12.3. The van der Waals surface area contributed by atoms with Crippen LogP contribution in [0, 0.1) is 11.3 Å². The maximum atomic E-state index is 12.2. The van der Waals surface area contributed by atoms with Crippen LogP contribution >= 0.6 is 11.3 Å². The summed E-state index contributed by atoms with van der Waals surface area (Å²) < 4.78 is 0. The Kier molecular flexibility index (Phi) is 5.52. The summed E-state index contributed by atoms with van der Waals surface area (Å²) in [6, 6.07) is 19.1. The number of anilines is 1. The summed E-state index contributed by atoms with van der Waals surface area (Å²) in [7, 11) is 0. The van der Waals surface area contributed by atoms with Crippen LogP contribution in [-0.2, 0) is 4.79 Å². The Morgan fingerprint density at radius 3 is 2.68 bits per heavy atom. The summed E-state index contributed by atoms with van der Waals surface area (Å²) in [5.74, 6) is -0.198. The fourth-order valence-electron chi connectivity index (χ4n) is 2.45. The monoisotopic (exact) mass is 348 g/mol. The first kappa shape index (κ1) is 16.8. The predicted octanol–water partition coefficient (Wildman–Crippen LogP) is 3.33. The molecule has 0 saturated carbocycles. The van der Waals surface area contributed by atoms with Gasteiger partial charge in [-0.25, -0.2) is 0 Å². The van der Waals surface area contributed by atoms with E-state index in [0.29, 0.717) is 10.6 Å². The molecule has 2 N–H and O–H groups in total. The minimum absolute atomic E-state index is 0.110. The highest BCUT2D eigenvalue weighted by Gasteiger charge is 2.16. The van der Waals surface area contributed by atoms with Crippen molar-refractivity contribution in [2.45, 2.75) is 6.04 Å². The third kappa shape index (κ3) is 4.29. The SMILES string of the molecule is N#Cc1ccsc1NC(=O)CN[C@H](c1ccccc1)c1ccccn1. The molecule has 124 valence electrons. The predicted molar refractivity (Wildman–Crippen MR) is 98.2 cm³/mol. The molecule has 0 saturated heterocycles. The molecule has 6 heteroatoms. The largest absolute Gasteiger partial charge is 0.315 e. The van der Waals surface area contributed by atoms with E-state index in [2.05, 4.69) is 21.7 Å². The van der Waals surface area contributed by atoms with Crippen molar-refractivity contribution >= 4 is 22.2 Å². The summed E-state index contributed by atoms with van der Waals surface area (Å²) in [5, 5.41) is 17.4. The lowest BCUT2D eigenvalue weighted by Crippen LogP contribution is -2.32. The molecule has 0 unspecified atom stereocenters. The fourth-order valence-corrected chi connectivity index (χ4v) is 3.20. The van der Waals surface area contributed by atoms with Gasteiger partial charge in [-0.15, -0.1) is 11.3 Å². The number of aromatic nitrogens is 1. The summed E-state index contributed by atoms with van der Waals surface area (Å²) in [4.78, 5) is 16.7. The number of hydrogen-bond acceptors (Lipinski definition) is 5. The van der Waals surface area contributed by atoms with Gasteiger partial charge in [0.1, 0.15) is 11.1 Å². The van der Waals surface area contributed by atoms with Gasteiger partial charge >= 0.3 is 0 Å². The lowest BCUT2D eigenvalue weighted by Gasteiger charge is -2.18. The average molecular weight is 348 g/mol. The van der Waals surface area contributed by atoms with E-state index in [4.69, 9.17) is 5.26 Å². The van der Waals surface area contributed by atoms with Crippen LogP contribution in [-0.4, -0.2) is 17.4 Å². The molecule has 3 rings (SSSR count). The maximum absolute atomic E-state index is 12.2. The van der Waals surface area contributed by atoms with Crippen molar-refractivity contribution < 1.29 is 4.79 Å². The number of nitrogens with zero attached hydrogens (tertiary/aromatic N) is 2. The van der Waals surface area contributed by atoms with Crippen LogP contribution in [0.15, 0.2) is 66.2 Å². The van der Waals surface area contributed by atoms with Crippen LogP contribution in [0.25, 0.3) is 0 Å². The maximum Gasteiger partial charge on any atom is 0.238 e. The van der Waals surface area contributed by atoms with Crippen molar-refractivity contribution in [1.82, 2.24) is 10.3 Å². The molecule has 1 atom stereocenters. The second-order valence-corrected chi connectivity index (χ2v) is 6.22. The van der Waals surface area contributed by atoms with Gasteiger partial charge in [-0.2, -0.15) is 5.26 Å². The molecule has 0 radical (unpaired) electrons. The van der Waals surface area contributed by atoms with Gasteiger partial charge in [-0.1, -0.05) is 36.4 Å². The highest BCUT2D eigenvalue weighted by molar-refractivity contribution is 7.14. The van der Waals surface area contributed by atoms with E-state index in [1.807, 2.05) is 48.5 Å². The zero-order valence-electron chi connectivity index (χ0n) is 13.3. The van der Waals surface area contributed by atoms with Gasteiger partial charge in [0, 0.05) is 6.20 Å². The van der Waals surface area contributed by atoms with E-state index >= 15 is 0 Å². The van der Waals surface area contributed by atoms with E-state index in [0.717, 1.165) is 11.3 Å². The van der Waals surface area contributed by atoms with Gasteiger partial charge in [-0.05, 0) is 29.1 Å². The van der Waals surface area contributed by atoms with Crippen molar-refractivity contribution in [3.63, 3.8) is 0 Å². The minimum Gasteiger partial charge on any atom is -0.315 e. The van der Waals surface area contributed by atoms with Crippen LogP contribution in [0.3, 0.4) is 0 Å². The molecule has 0 fully saturated rings. The summed E-state index contributed by atoms with van der Waals surface area (Å²) in [5.41, 5.74) is 2.35. The Balaban J connectivity index is 1.71. The molecular weight excluding hydrogens is 332 g/mol. The topological polar surface area (TPSA) is 77.8 Å². The number of amides is 1. The molecule has 0 aliphatic rings.